The number of hydrogen-bond donors (Lipinski definition) is 0. The van der Waals surface area contributed by atoms with Gasteiger partial charge < -0.3 is 4.57 Å². The van der Waals surface area contributed by atoms with Gasteiger partial charge in [-0.1, -0.05) is 30.5 Å². The summed E-state index contributed by atoms with van der Waals surface area (Å²) < 4.78 is 2.40. The van der Waals surface area contributed by atoms with Gasteiger partial charge in [0.1, 0.15) is 0 Å². The Kier molecular flexibility index (Phi) is 3.76. The molecule has 1 fully saturated rings. The van der Waals surface area contributed by atoms with Crippen molar-refractivity contribution in [2.24, 2.45) is 4.99 Å². The Balaban J connectivity index is 2.05. The summed E-state index contributed by atoms with van der Waals surface area (Å²) in [6, 6.07) is 8.37. The highest BCUT2D eigenvalue weighted by atomic mass is 35.5. The molecule has 19 heavy (non-hydrogen) atoms. The Labute approximate surface area is 122 Å². The van der Waals surface area contributed by atoms with Crippen LogP contribution in [-0.4, -0.2) is 4.57 Å². The Bertz CT molecular complexity index is 636. The van der Waals surface area contributed by atoms with Crippen molar-refractivity contribution >= 4 is 28.6 Å². The third-order valence-electron chi connectivity index (χ3n) is 3.64. The van der Waals surface area contributed by atoms with Crippen molar-refractivity contribution < 1.29 is 0 Å². The average molecular weight is 293 g/mol. The molecule has 0 N–H and O–H groups in total. The predicted molar refractivity (Wildman–Crippen MR) is 81.2 cm³/mol. The molecule has 0 amide bonds. The number of aryl methyl sites for hydroxylation is 1. The van der Waals surface area contributed by atoms with Crippen LogP contribution in [0.4, 0.5) is 5.69 Å². The molecule has 0 spiro atoms. The molecular formula is C15H17ClN2S. The van der Waals surface area contributed by atoms with Gasteiger partial charge in [-0.25, -0.2) is 4.99 Å². The van der Waals surface area contributed by atoms with Crippen molar-refractivity contribution in [3.63, 3.8) is 0 Å². The maximum absolute atomic E-state index is 6.02. The zero-order valence-corrected chi connectivity index (χ0v) is 12.5. The van der Waals surface area contributed by atoms with E-state index >= 15 is 0 Å². The van der Waals surface area contributed by atoms with E-state index in [4.69, 9.17) is 16.6 Å². The highest BCUT2D eigenvalue weighted by molar-refractivity contribution is 7.07. The molecule has 4 heteroatoms. The van der Waals surface area contributed by atoms with Crippen LogP contribution in [0.3, 0.4) is 0 Å². The van der Waals surface area contributed by atoms with Crippen LogP contribution in [0.5, 0.6) is 0 Å². The van der Waals surface area contributed by atoms with Gasteiger partial charge in [-0.15, -0.1) is 11.3 Å². The molecule has 1 aromatic heterocycles. The summed E-state index contributed by atoms with van der Waals surface area (Å²) in [5.74, 6) is 0. The molecule has 2 nitrogen and oxygen atoms in total. The first-order valence-electron chi connectivity index (χ1n) is 6.71. The predicted octanol–water partition coefficient (Wildman–Crippen LogP) is 4.86. The Hall–Kier alpha value is -1.06. The molecule has 0 aliphatic heterocycles. The van der Waals surface area contributed by atoms with E-state index in [1.165, 1.54) is 31.4 Å². The molecule has 0 radical (unpaired) electrons. The summed E-state index contributed by atoms with van der Waals surface area (Å²) in [5.41, 5.74) is 2.25. The lowest BCUT2D eigenvalue weighted by molar-refractivity contribution is 0.496. The molecule has 0 saturated heterocycles. The second kappa shape index (κ2) is 5.51. The van der Waals surface area contributed by atoms with E-state index in [9.17, 15) is 0 Å². The van der Waals surface area contributed by atoms with Crippen molar-refractivity contribution in [1.82, 2.24) is 4.57 Å². The monoisotopic (exact) mass is 292 g/mol. The first kappa shape index (κ1) is 12.9. The number of rotatable bonds is 2. The molecule has 100 valence electrons. The van der Waals surface area contributed by atoms with Crippen LogP contribution in [0.25, 0.3) is 0 Å². The van der Waals surface area contributed by atoms with Gasteiger partial charge in [0.05, 0.1) is 5.69 Å². The minimum atomic E-state index is 0.629. The lowest BCUT2D eigenvalue weighted by Gasteiger charge is -2.13. The number of nitrogens with zero attached hydrogens (tertiary/aromatic N) is 2. The van der Waals surface area contributed by atoms with Crippen LogP contribution >= 0.6 is 22.9 Å². The van der Waals surface area contributed by atoms with Gasteiger partial charge in [0.15, 0.2) is 4.80 Å². The number of benzene rings is 1. The van der Waals surface area contributed by atoms with Crippen molar-refractivity contribution in [2.75, 3.05) is 0 Å². The molecule has 0 atom stereocenters. The van der Waals surface area contributed by atoms with Gasteiger partial charge in [0.25, 0.3) is 0 Å². The first-order valence-corrected chi connectivity index (χ1v) is 7.97. The lowest BCUT2D eigenvalue weighted by Crippen LogP contribution is -2.20. The minimum absolute atomic E-state index is 0.629. The van der Waals surface area contributed by atoms with E-state index < -0.39 is 0 Å². The summed E-state index contributed by atoms with van der Waals surface area (Å²) in [7, 11) is 0. The first-order chi connectivity index (χ1) is 9.24. The lowest BCUT2D eigenvalue weighted by atomic mass is 10.2. The molecule has 0 bridgehead atoms. The normalized spacial score (nSPS) is 17.3. The fraction of sp³-hybridized carbons (Fsp3) is 0.400. The van der Waals surface area contributed by atoms with E-state index in [0.29, 0.717) is 6.04 Å². The van der Waals surface area contributed by atoms with Crippen molar-refractivity contribution in [3.05, 3.63) is 45.2 Å². The van der Waals surface area contributed by atoms with Crippen molar-refractivity contribution in [2.45, 2.75) is 38.6 Å². The van der Waals surface area contributed by atoms with E-state index in [2.05, 4.69) is 16.9 Å². The standard InChI is InChI=1S/C15H17ClN2S/c1-11-10-19-15(18(11)14-7-2-3-8-14)17-13-6-4-5-12(16)9-13/h4-6,9-10,14H,2-3,7-8H2,1H3. The summed E-state index contributed by atoms with van der Waals surface area (Å²) in [6.07, 6.45) is 5.23. The maximum atomic E-state index is 6.02. The molecule has 3 rings (SSSR count). The minimum Gasteiger partial charge on any atom is -0.318 e. The highest BCUT2D eigenvalue weighted by Gasteiger charge is 2.19. The Morgan fingerprint density at radius 2 is 2.11 bits per heavy atom. The maximum Gasteiger partial charge on any atom is 0.190 e. The molecule has 1 aliphatic rings. The molecule has 2 aromatic rings. The van der Waals surface area contributed by atoms with Crippen LogP contribution in [0.15, 0.2) is 34.6 Å². The molecule has 1 aliphatic carbocycles. The van der Waals surface area contributed by atoms with Gasteiger partial charge in [0.2, 0.25) is 0 Å². The zero-order valence-electron chi connectivity index (χ0n) is 11.0. The van der Waals surface area contributed by atoms with Gasteiger partial charge in [-0.05, 0) is 38.0 Å². The van der Waals surface area contributed by atoms with Crippen LogP contribution in [0, 0.1) is 6.92 Å². The largest absolute Gasteiger partial charge is 0.318 e. The van der Waals surface area contributed by atoms with Gasteiger partial charge in [0, 0.05) is 22.1 Å². The SMILES string of the molecule is Cc1csc(=Nc2cccc(Cl)c2)n1C1CCCC1. The second-order valence-corrected chi connectivity index (χ2v) is 6.33. The van der Waals surface area contributed by atoms with Crippen LogP contribution in [-0.2, 0) is 0 Å². The summed E-state index contributed by atoms with van der Waals surface area (Å²) in [6.45, 7) is 2.17. The zero-order chi connectivity index (χ0) is 13.2. The van der Waals surface area contributed by atoms with Gasteiger partial charge in [-0.3, -0.25) is 0 Å². The van der Waals surface area contributed by atoms with E-state index in [1.54, 1.807) is 11.3 Å². The highest BCUT2D eigenvalue weighted by Crippen LogP contribution is 2.30. The quantitative estimate of drug-likeness (QED) is 0.752. The summed E-state index contributed by atoms with van der Waals surface area (Å²) >= 11 is 7.74. The van der Waals surface area contributed by atoms with E-state index in [0.717, 1.165) is 15.5 Å². The second-order valence-electron chi connectivity index (χ2n) is 5.06. The topological polar surface area (TPSA) is 17.3 Å². The van der Waals surface area contributed by atoms with Crippen LogP contribution in [0.2, 0.25) is 5.02 Å². The Morgan fingerprint density at radius 3 is 2.84 bits per heavy atom. The average Bonchev–Trinajstić information content (AvgIpc) is 2.99. The number of halogens is 1. The van der Waals surface area contributed by atoms with Crippen molar-refractivity contribution in [1.29, 1.82) is 0 Å². The molecule has 1 aromatic carbocycles. The van der Waals surface area contributed by atoms with E-state index in [-0.39, 0.29) is 0 Å². The fourth-order valence-electron chi connectivity index (χ4n) is 2.75. The number of aromatic nitrogens is 1. The Morgan fingerprint density at radius 1 is 1.32 bits per heavy atom. The molecule has 1 heterocycles. The van der Waals surface area contributed by atoms with Crippen LogP contribution in [0.1, 0.15) is 37.4 Å². The number of hydrogen-bond acceptors (Lipinski definition) is 2. The third-order valence-corrected chi connectivity index (χ3v) is 4.84. The van der Waals surface area contributed by atoms with Gasteiger partial charge >= 0.3 is 0 Å². The number of thiazole rings is 1. The third kappa shape index (κ3) is 2.77. The van der Waals surface area contributed by atoms with E-state index in [1.807, 2.05) is 24.3 Å². The van der Waals surface area contributed by atoms with Crippen molar-refractivity contribution in [3.8, 4) is 0 Å². The molecule has 0 unspecified atom stereocenters. The summed E-state index contributed by atoms with van der Waals surface area (Å²) in [5, 5.41) is 2.93. The fourth-order valence-corrected chi connectivity index (χ4v) is 3.88. The smallest absolute Gasteiger partial charge is 0.190 e. The molecular weight excluding hydrogens is 276 g/mol. The molecule has 1 saturated carbocycles. The summed E-state index contributed by atoms with van der Waals surface area (Å²) in [4.78, 5) is 5.85. The van der Waals surface area contributed by atoms with Crippen LogP contribution < -0.4 is 4.80 Å². The van der Waals surface area contributed by atoms with Gasteiger partial charge in [-0.2, -0.15) is 0 Å².